The molecule has 0 bridgehead atoms. The lowest BCUT2D eigenvalue weighted by atomic mass is 9.92. The Balaban J connectivity index is 2.11. The maximum atomic E-state index is 9.34. The molecule has 2 rings (SSSR count). The highest BCUT2D eigenvalue weighted by Gasteiger charge is 2.11. The molecule has 0 heterocycles. The Morgan fingerprint density at radius 2 is 1.68 bits per heavy atom. The van der Waals surface area contributed by atoms with Gasteiger partial charge in [-0.3, -0.25) is 0 Å². The number of rotatable bonds is 6. The number of nitrogens with one attached hydrogen (secondary N) is 1. The number of aromatic hydroxyl groups is 1. The molecule has 2 nitrogen and oxygen atoms in total. The van der Waals surface area contributed by atoms with Gasteiger partial charge in [0.25, 0.3) is 0 Å². The minimum Gasteiger partial charge on any atom is -0.508 e. The second-order valence-corrected chi connectivity index (χ2v) is 4.79. The van der Waals surface area contributed by atoms with Gasteiger partial charge < -0.3 is 10.4 Å². The molecule has 0 aliphatic carbocycles. The number of hydrogen-bond donors (Lipinski definition) is 2. The van der Waals surface area contributed by atoms with Crippen molar-refractivity contribution in [3.63, 3.8) is 0 Å². The third-order valence-electron chi connectivity index (χ3n) is 3.33. The van der Waals surface area contributed by atoms with Crippen LogP contribution in [0.5, 0.6) is 5.75 Å². The summed E-state index contributed by atoms with van der Waals surface area (Å²) in [5, 5.41) is 12.8. The predicted octanol–water partition coefficient (Wildman–Crippen LogP) is 3.33. The number of benzene rings is 2. The van der Waals surface area contributed by atoms with Gasteiger partial charge in [-0.1, -0.05) is 49.4 Å². The zero-order valence-corrected chi connectivity index (χ0v) is 11.3. The molecule has 0 aliphatic heterocycles. The van der Waals surface area contributed by atoms with E-state index in [-0.39, 0.29) is 0 Å². The van der Waals surface area contributed by atoms with Crippen LogP contribution in [0.3, 0.4) is 0 Å². The molecule has 2 aromatic carbocycles. The van der Waals surface area contributed by atoms with E-state index in [2.05, 4.69) is 36.5 Å². The lowest BCUT2D eigenvalue weighted by molar-refractivity contribution is 0.475. The molecule has 2 aromatic rings. The maximum absolute atomic E-state index is 9.34. The van der Waals surface area contributed by atoms with E-state index in [9.17, 15) is 5.11 Å². The lowest BCUT2D eigenvalue weighted by Crippen LogP contribution is -2.22. The van der Waals surface area contributed by atoms with Crippen LogP contribution in [0.15, 0.2) is 54.6 Å². The second-order valence-electron chi connectivity index (χ2n) is 4.79. The van der Waals surface area contributed by atoms with Gasteiger partial charge in [-0.25, -0.2) is 0 Å². The highest BCUT2D eigenvalue weighted by atomic mass is 16.3. The molecule has 0 spiro atoms. The van der Waals surface area contributed by atoms with E-state index in [1.807, 2.05) is 18.2 Å². The Kier molecular flexibility index (Phi) is 4.99. The second kappa shape index (κ2) is 6.95. The number of phenols is 1. The van der Waals surface area contributed by atoms with Crippen LogP contribution < -0.4 is 5.32 Å². The molecule has 0 radical (unpaired) electrons. The first kappa shape index (κ1) is 13.6. The van der Waals surface area contributed by atoms with Crippen molar-refractivity contribution in [2.75, 3.05) is 13.1 Å². The van der Waals surface area contributed by atoms with E-state index in [1.165, 1.54) is 11.1 Å². The van der Waals surface area contributed by atoms with Gasteiger partial charge in [0.05, 0.1) is 0 Å². The van der Waals surface area contributed by atoms with Gasteiger partial charge in [-0.05, 0) is 36.2 Å². The largest absolute Gasteiger partial charge is 0.508 e. The quantitative estimate of drug-likeness (QED) is 0.830. The average Bonchev–Trinajstić information content (AvgIpc) is 2.46. The van der Waals surface area contributed by atoms with Crippen molar-refractivity contribution in [1.82, 2.24) is 5.32 Å². The van der Waals surface area contributed by atoms with Crippen LogP contribution in [-0.2, 0) is 6.42 Å². The first-order chi connectivity index (χ1) is 9.29. The molecule has 0 fully saturated rings. The summed E-state index contributed by atoms with van der Waals surface area (Å²) in [6.45, 7) is 4.09. The van der Waals surface area contributed by atoms with E-state index >= 15 is 0 Å². The van der Waals surface area contributed by atoms with Crippen molar-refractivity contribution in [3.8, 4) is 5.75 Å². The molecular weight excluding hydrogens is 234 g/mol. The zero-order chi connectivity index (χ0) is 13.5. The number of hydrogen-bond acceptors (Lipinski definition) is 2. The summed E-state index contributed by atoms with van der Waals surface area (Å²) in [5.74, 6) is 0.789. The SMILES string of the molecule is CCNCC(Cc1ccc(O)cc1)c1ccccc1. The smallest absolute Gasteiger partial charge is 0.115 e. The highest BCUT2D eigenvalue weighted by molar-refractivity contribution is 5.29. The van der Waals surface area contributed by atoms with Crippen molar-refractivity contribution < 1.29 is 5.11 Å². The monoisotopic (exact) mass is 255 g/mol. The molecule has 0 amide bonds. The maximum Gasteiger partial charge on any atom is 0.115 e. The minimum absolute atomic E-state index is 0.326. The molecule has 0 aromatic heterocycles. The molecule has 0 saturated heterocycles. The van der Waals surface area contributed by atoms with Crippen LogP contribution in [0.1, 0.15) is 24.0 Å². The van der Waals surface area contributed by atoms with Gasteiger partial charge in [-0.2, -0.15) is 0 Å². The molecule has 2 N–H and O–H groups in total. The Morgan fingerprint density at radius 1 is 1.00 bits per heavy atom. The average molecular weight is 255 g/mol. The standard InChI is InChI=1S/C17H21NO/c1-2-18-13-16(15-6-4-3-5-7-15)12-14-8-10-17(19)11-9-14/h3-11,16,18-19H,2,12-13H2,1H3. The lowest BCUT2D eigenvalue weighted by Gasteiger charge is -2.18. The van der Waals surface area contributed by atoms with Gasteiger partial charge in [-0.15, -0.1) is 0 Å². The van der Waals surface area contributed by atoms with E-state index in [4.69, 9.17) is 0 Å². The predicted molar refractivity (Wildman–Crippen MR) is 79.5 cm³/mol. The van der Waals surface area contributed by atoms with E-state index in [0.29, 0.717) is 11.7 Å². The van der Waals surface area contributed by atoms with Gasteiger partial charge in [0.1, 0.15) is 5.75 Å². The summed E-state index contributed by atoms with van der Waals surface area (Å²) in [6, 6.07) is 18.1. The summed E-state index contributed by atoms with van der Waals surface area (Å²) in [5.41, 5.74) is 2.61. The Hall–Kier alpha value is -1.80. The van der Waals surface area contributed by atoms with Crippen LogP contribution in [0.4, 0.5) is 0 Å². The summed E-state index contributed by atoms with van der Waals surface area (Å²) in [7, 11) is 0. The summed E-state index contributed by atoms with van der Waals surface area (Å²) < 4.78 is 0. The number of likely N-dealkylation sites (N-methyl/N-ethyl adjacent to an activating group) is 1. The first-order valence-electron chi connectivity index (χ1n) is 6.83. The Labute approximate surface area is 115 Å². The first-order valence-corrected chi connectivity index (χ1v) is 6.83. The fourth-order valence-electron chi connectivity index (χ4n) is 2.27. The fourth-order valence-corrected chi connectivity index (χ4v) is 2.27. The van der Waals surface area contributed by atoms with Crippen LogP contribution in [0.2, 0.25) is 0 Å². The molecule has 0 saturated carbocycles. The molecule has 100 valence electrons. The Bertz CT molecular complexity index is 478. The molecular formula is C17H21NO. The van der Waals surface area contributed by atoms with E-state index < -0.39 is 0 Å². The molecule has 1 atom stereocenters. The number of phenolic OH excluding ortho intramolecular Hbond substituents is 1. The van der Waals surface area contributed by atoms with Crippen LogP contribution >= 0.6 is 0 Å². The molecule has 0 aliphatic rings. The van der Waals surface area contributed by atoms with E-state index in [1.54, 1.807) is 12.1 Å². The Morgan fingerprint density at radius 3 is 2.32 bits per heavy atom. The fraction of sp³-hybridized carbons (Fsp3) is 0.294. The van der Waals surface area contributed by atoms with Gasteiger partial charge >= 0.3 is 0 Å². The van der Waals surface area contributed by atoms with Crippen LogP contribution in [0.25, 0.3) is 0 Å². The van der Waals surface area contributed by atoms with Gasteiger partial charge in [0.2, 0.25) is 0 Å². The van der Waals surface area contributed by atoms with Crippen LogP contribution in [0, 0.1) is 0 Å². The van der Waals surface area contributed by atoms with Gasteiger partial charge in [0, 0.05) is 12.5 Å². The molecule has 2 heteroatoms. The summed E-state index contributed by atoms with van der Waals surface area (Å²) >= 11 is 0. The summed E-state index contributed by atoms with van der Waals surface area (Å²) in [4.78, 5) is 0. The normalized spacial score (nSPS) is 12.3. The van der Waals surface area contributed by atoms with Crippen molar-refractivity contribution in [3.05, 3.63) is 65.7 Å². The minimum atomic E-state index is 0.326. The highest BCUT2D eigenvalue weighted by Crippen LogP contribution is 2.21. The third-order valence-corrected chi connectivity index (χ3v) is 3.33. The van der Waals surface area contributed by atoms with Gasteiger partial charge in [0.15, 0.2) is 0 Å². The topological polar surface area (TPSA) is 32.3 Å². The van der Waals surface area contributed by atoms with Crippen molar-refractivity contribution in [2.45, 2.75) is 19.3 Å². The molecule has 19 heavy (non-hydrogen) atoms. The van der Waals surface area contributed by atoms with Crippen molar-refractivity contribution in [2.24, 2.45) is 0 Å². The third kappa shape index (κ3) is 4.11. The van der Waals surface area contributed by atoms with Crippen molar-refractivity contribution in [1.29, 1.82) is 0 Å². The molecule has 1 unspecified atom stereocenters. The van der Waals surface area contributed by atoms with Crippen molar-refractivity contribution >= 4 is 0 Å². The zero-order valence-electron chi connectivity index (χ0n) is 11.3. The summed E-state index contributed by atoms with van der Waals surface area (Å²) in [6.07, 6.45) is 0.983. The van der Waals surface area contributed by atoms with Crippen LogP contribution in [-0.4, -0.2) is 18.2 Å². The van der Waals surface area contributed by atoms with E-state index in [0.717, 1.165) is 19.5 Å².